The molecule has 0 saturated heterocycles. The molecule has 0 fully saturated rings. The summed E-state index contributed by atoms with van der Waals surface area (Å²) in [7, 11) is 0. The topological polar surface area (TPSA) is 242 Å². The van der Waals surface area contributed by atoms with E-state index >= 15 is 0 Å². The zero-order valence-electron chi connectivity index (χ0n) is 27.0. The van der Waals surface area contributed by atoms with E-state index in [1.54, 1.807) is 39.1 Å². The van der Waals surface area contributed by atoms with Crippen LogP contribution in [0.2, 0.25) is 0 Å². The molecule has 0 aliphatic heterocycles. The van der Waals surface area contributed by atoms with Crippen LogP contribution in [0.4, 0.5) is 16.4 Å². The molecule has 0 aliphatic rings. The highest BCUT2D eigenvalue weighted by atomic mass is 16.6. The van der Waals surface area contributed by atoms with Crippen molar-refractivity contribution in [2.24, 2.45) is 0 Å². The largest absolute Gasteiger partial charge is 0.554 e. The van der Waals surface area contributed by atoms with Crippen molar-refractivity contribution in [1.82, 2.24) is 30.2 Å². The molecule has 6 N–H and O–H groups in total. The number of alkyl carbamates (subject to hydrolysis) is 1. The highest BCUT2D eigenvalue weighted by Gasteiger charge is 2.28. The quantitative estimate of drug-likeness (QED) is 0.0855. The number of imidazole rings is 1. The van der Waals surface area contributed by atoms with Crippen molar-refractivity contribution < 1.29 is 43.5 Å². The molecule has 3 aromatic heterocycles. The fraction of sp³-hybridized carbons (Fsp3) is 0.400. The lowest BCUT2D eigenvalue weighted by Gasteiger charge is -2.19. The van der Waals surface area contributed by atoms with Crippen LogP contribution in [-0.4, -0.2) is 74.7 Å². The van der Waals surface area contributed by atoms with Crippen molar-refractivity contribution >= 4 is 65.2 Å². The number of amides is 3. The summed E-state index contributed by atoms with van der Waals surface area (Å²) in [4.78, 5) is 66.9. The first-order valence-electron chi connectivity index (χ1n) is 14.6. The first-order chi connectivity index (χ1) is 22.4. The Hall–Kier alpha value is -5.74. The summed E-state index contributed by atoms with van der Waals surface area (Å²) < 4.78 is 9.40. The van der Waals surface area contributed by atoms with Gasteiger partial charge >= 0.3 is 6.09 Å². The van der Waals surface area contributed by atoms with E-state index < -0.39 is 18.2 Å². The summed E-state index contributed by atoms with van der Waals surface area (Å²) >= 11 is 0. The van der Waals surface area contributed by atoms with Crippen molar-refractivity contribution in [1.29, 1.82) is 0 Å². The Kier molecular flexibility index (Phi) is 14.1. The van der Waals surface area contributed by atoms with E-state index in [1.807, 2.05) is 26.0 Å². The Morgan fingerprint density at radius 1 is 1.15 bits per heavy atom. The predicted octanol–water partition coefficient (Wildman–Crippen LogP) is 0.697. The molecule has 4 rings (SSSR count). The number of fused-ring (bicyclic) bond motifs is 2. The van der Waals surface area contributed by atoms with Crippen LogP contribution in [-0.2, 0) is 38.8 Å². The van der Waals surface area contributed by atoms with Crippen LogP contribution in [0.1, 0.15) is 57.2 Å². The van der Waals surface area contributed by atoms with Gasteiger partial charge < -0.3 is 41.1 Å². The third-order valence-corrected chi connectivity index (χ3v) is 6.48. The SMILES string of the molecule is CCn1c(CN(C=O)c2nc3cc[nH]c3nc2N)[n+](CC)c2ccc(C(=O)NCCCNC(=O)OC(C)(C)C)cc21.O=CO.O=C[O-]. The number of aryl methyl sites for hydroxylation is 2. The Bertz CT molecular complexity index is 1670. The maximum Gasteiger partial charge on any atom is 0.407 e. The summed E-state index contributed by atoms with van der Waals surface area (Å²) in [6.45, 7) is 10.9. The van der Waals surface area contributed by atoms with E-state index in [4.69, 9.17) is 30.3 Å². The predicted molar refractivity (Wildman–Crippen MR) is 170 cm³/mol. The Morgan fingerprint density at radius 3 is 2.40 bits per heavy atom. The fourth-order valence-electron chi connectivity index (χ4n) is 4.71. The summed E-state index contributed by atoms with van der Waals surface area (Å²) in [6.07, 6.45) is 2.49. The number of carbonyl (C=O) groups excluding carboxylic acids is 4. The van der Waals surface area contributed by atoms with Gasteiger partial charge in [0.05, 0.1) is 13.1 Å². The molecular weight excluding hydrogens is 614 g/mol. The van der Waals surface area contributed by atoms with Gasteiger partial charge in [0, 0.05) is 37.4 Å². The van der Waals surface area contributed by atoms with E-state index in [1.165, 1.54) is 4.90 Å². The molecule has 17 nitrogen and oxygen atoms in total. The number of carbonyl (C=O) groups is 5. The van der Waals surface area contributed by atoms with Gasteiger partial charge in [0.15, 0.2) is 28.3 Å². The third-order valence-electron chi connectivity index (χ3n) is 6.48. The lowest BCUT2D eigenvalue weighted by Crippen LogP contribution is -2.40. The smallest absolute Gasteiger partial charge is 0.407 e. The number of aromatic nitrogens is 5. The van der Waals surface area contributed by atoms with Gasteiger partial charge in [-0.25, -0.2) is 23.9 Å². The molecule has 0 unspecified atom stereocenters. The number of anilines is 2. The first-order valence-corrected chi connectivity index (χ1v) is 14.6. The third kappa shape index (κ3) is 10.1. The molecule has 0 atom stereocenters. The van der Waals surface area contributed by atoms with Crippen molar-refractivity contribution in [2.45, 2.75) is 66.3 Å². The molecular formula is C30H41N9O8. The van der Waals surface area contributed by atoms with E-state index in [0.29, 0.717) is 55.7 Å². The number of H-pyrrole nitrogens is 1. The Morgan fingerprint density at radius 2 is 1.81 bits per heavy atom. The summed E-state index contributed by atoms with van der Waals surface area (Å²) in [5.41, 5.74) is 9.08. The van der Waals surface area contributed by atoms with Crippen LogP contribution in [0.25, 0.3) is 22.2 Å². The average molecular weight is 656 g/mol. The fourth-order valence-corrected chi connectivity index (χ4v) is 4.71. The lowest BCUT2D eigenvalue weighted by molar-refractivity contribution is -0.676. The number of hydrogen-bond donors (Lipinski definition) is 5. The number of aromatic amines is 1. The first kappa shape index (κ1) is 37.4. The number of nitrogens with two attached hydrogens (primary N) is 1. The number of rotatable bonds is 11. The molecule has 17 heteroatoms. The zero-order chi connectivity index (χ0) is 35.1. The lowest BCUT2D eigenvalue weighted by atomic mass is 10.2. The van der Waals surface area contributed by atoms with Gasteiger partial charge in [-0.2, -0.15) is 0 Å². The minimum absolute atomic E-state index is 0.148. The van der Waals surface area contributed by atoms with Crippen molar-refractivity contribution in [2.75, 3.05) is 23.7 Å². The number of hydrogen-bond acceptors (Lipinski definition) is 10. The zero-order valence-corrected chi connectivity index (χ0v) is 27.0. The van der Waals surface area contributed by atoms with Gasteiger partial charge in [0.25, 0.3) is 18.2 Å². The van der Waals surface area contributed by atoms with Gasteiger partial charge in [-0.15, -0.1) is 0 Å². The minimum Gasteiger partial charge on any atom is -0.554 e. The number of benzene rings is 1. The average Bonchev–Trinajstić information content (AvgIpc) is 3.59. The van der Waals surface area contributed by atoms with Crippen LogP contribution in [0.15, 0.2) is 30.5 Å². The van der Waals surface area contributed by atoms with E-state index in [2.05, 4.69) is 34.7 Å². The van der Waals surface area contributed by atoms with Crippen LogP contribution < -0.4 is 30.9 Å². The number of nitrogens with one attached hydrogen (secondary N) is 3. The molecule has 0 radical (unpaired) electrons. The van der Waals surface area contributed by atoms with Crippen molar-refractivity contribution in [3.63, 3.8) is 0 Å². The standard InChI is InChI=1S/C28H37N9O4.2CH2O2/c1-6-36-20-10-9-18(26(39)31-12-8-13-32-27(40)41-28(3,4)5)15-21(20)37(7-2)22(36)16-35(17-38)25-23(29)34-24-19(33-25)11-14-30-24;2*2-1-3/h9-11,14-15,17H,6-8,12-13,16H2,1-5H3,(H4-,29,30,31,32,33,34,39,40);2*1H,(H,2,3). The Labute approximate surface area is 270 Å². The van der Waals surface area contributed by atoms with Crippen molar-refractivity contribution in [3.8, 4) is 0 Å². The maximum atomic E-state index is 12.9. The molecule has 4 aromatic rings. The number of carboxylic acid groups (broad SMARTS) is 2. The Balaban J connectivity index is 0.00000119. The second-order valence-corrected chi connectivity index (χ2v) is 10.7. The molecule has 254 valence electrons. The molecule has 0 saturated carbocycles. The second kappa shape index (κ2) is 17.7. The molecule has 0 aliphatic carbocycles. The van der Waals surface area contributed by atoms with Crippen LogP contribution in [0.3, 0.4) is 0 Å². The van der Waals surface area contributed by atoms with Crippen LogP contribution in [0, 0.1) is 0 Å². The van der Waals surface area contributed by atoms with E-state index in [9.17, 15) is 14.4 Å². The highest BCUT2D eigenvalue weighted by Crippen LogP contribution is 2.24. The monoisotopic (exact) mass is 655 g/mol. The normalized spacial score (nSPS) is 10.6. The van der Waals surface area contributed by atoms with Gasteiger partial charge in [0.1, 0.15) is 17.7 Å². The highest BCUT2D eigenvalue weighted by molar-refractivity contribution is 5.97. The molecule has 47 heavy (non-hydrogen) atoms. The number of nitrogen functional groups attached to an aromatic ring is 1. The molecule has 1 aromatic carbocycles. The van der Waals surface area contributed by atoms with Gasteiger partial charge in [0.2, 0.25) is 6.41 Å². The molecule has 3 heterocycles. The molecule has 0 spiro atoms. The summed E-state index contributed by atoms with van der Waals surface area (Å²) in [5.74, 6) is 1.08. The van der Waals surface area contributed by atoms with E-state index in [0.717, 1.165) is 16.9 Å². The van der Waals surface area contributed by atoms with Crippen molar-refractivity contribution in [3.05, 3.63) is 41.9 Å². The summed E-state index contributed by atoms with van der Waals surface area (Å²) in [5, 5.41) is 20.7. The molecule has 3 amide bonds. The van der Waals surface area contributed by atoms with Crippen LogP contribution >= 0.6 is 0 Å². The van der Waals surface area contributed by atoms with Gasteiger partial charge in [-0.1, -0.05) is 0 Å². The molecule has 0 bridgehead atoms. The minimum atomic E-state index is -0.563. The number of nitrogens with zero attached hydrogens (tertiary/aromatic N) is 5. The second-order valence-electron chi connectivity index (χ2n) is 10.7. The van der Waals surface area contributed by atoms with E-state index in [-0.39, 0.29) is 30.6 Å². The van der Waals surface area contributed by atoms with Gasteiger partial charge in [-0.3, -0.25) is 19.3 Å². The summed E-state index contributed by atoms with van der Waals surface area (Å²) in [6, 6.07) is 7.33. The maximum absolute atomic E-state index is 12.9. The van der Waals surface area contributed by atoms with Crippen LogP contribution in [0.5, 0.6) is 0 Å². The van der Waals surface area contributed by atoms with Gasteiger partial charge in [-0.05, 0) is 59.2 Å². The number of ether oxygens (including phenoxy) is 1.